The van der Waals surface area contributed by atoms with E-state index in [1.54, 1.807) is 0 Å². The van der Waals surface area contributed by atoms with Gasteiger partial charge in [-0.25, -0.2) is 0 Å². The van der Waals surface area contributed by atoms with E-state index in [0.29, 0.717) is 0 Å². The molecule has 0 aromatic rings. The Balaban J connectivity index is 5.04. The molecule has 1 N–H and O–H groups in total. The summed E-state index contributed by atoms with van der Waals surface area (Å²) in [6.45, 7) is -0.454. The van der Waals surface area contributed by atoms with E-state index in [1.165, 1.54) is 0 Å². The van der Waals surface area contributed by atoms with Crippen molar-refractivity contribution in [3.8, 4) is 0 Å². The number of aliphatic hydroxyl groups is 1. The van der Waals surface area contributed by atoms with E-state index < -0.39 is 28.7 Å². The predicted molar refractivity (Wildman–Crippen MR) is 42.2 cm³/mol. The van der Waals surface area contributed by atoms with Gasteiger partial charge in [0.15, 0.2) is 0 Å². The lowest BCUT2D eigenvalue weighted by molar-refractivity contribution is -0.796. The lowest BCUT2D eigenvalue weighted by atomic mass is 10.2. The van der Waals surface area contributed by atoms with Crippen molar-refractivity contribution in [1.82, 2.24) is 0 Å². The lowest BCUT2D eigenvalue weighted by Crippen LogP contribution is -2.44. The number of nitrogens with zero attached hydrogens (tertiary/aromatic N) is 5. The molecule has 0 radical (unpaired) electrons. The summed E-state index contributed by atoms with van der Waals surface area (Å²) in [5, 5.41) is 31.7. The molecule has 0 aromatic heterocycles. The molecule has 0 aliphatic carbocycles. The van der Waals surface area contributed by atoms with Crippen molar-refractivity contribution >= 4 is 0 Å². The van der Waals surface area contributed by atoms with Crippen LogP contribution in [0.5, 0.6) is 0 Å². The standard InChI is InChI=1S/C4H7N5O5/c5-7-6-4(8(11)12,9(13)14)2-1-3-10/h10H,1-3H2. The highest BCUT2D eigenvalue weighted by molar-refractivity contribution is 4.65. The summed E-state index contributed by atoms with van der Waals surface area (Å²) in [5.74, 6) is -2.91. The van der Waals surface area contributed by atoms with Crippen molar-refractivity contribution in [2.45, 2.75) is 18.6 Å². The fourth-order valence-corrected chi connectivity index (χ4v) is 0.760. The number of hydrogen-bond acceptors (Lipinski definition) is 6. The summed E-state index contributed by atoms with van der Waals surface area (Å²) in [4.78, 5) is 20.3. The largest absolute Gasteiger partial charge is 0.545 e. The third-order valence-corrected chi connectivity index (χ3v) is 1.46. The first-order valence-electron chi connectivity index (χ1n) is 3.47. The minimum absolute atomic E-state index is 0.193. The van der Waals surface area contributed by atoms with Gasteiger partial charge in [0.05, 0.1) is 5.11 Å². The molecule has 0 heterocycles. The maximum absolute atomic E-state index is 10.4. The van der Waals surface area contributed by atoms with Crippen molar-refractivity contribution in [3.05, 3.63) is 30.7 Å². The third kappa shape index (κ3) is 2.28. The Kier molecular flexibility index (Phi) is 4.26. The molecule has 0 unspecified atom stereocenters. The molecule has 0 fully saturated rings. The molecule has 0 spiro atoms. The van der Waals surface area contributed by atoms with Crippen molar-refractivity contribution in [2.75, 3.05) is 6.61 Å². The van der Waals surface area contributed by atoms with E-state index in [-0.39, 0.29) is 6.42 Å². The van der Waals surface area contributed by atoms with Crippen LogP contribution in [-0.4, -0.2) is 27.3 Å². The van der Waals surface area contributed by atoms with Crippen LogP contribution in [0.4, 0.5) is 0 Å². The van der Waals surface area contributed by atoms with Crippen LogP contribution in [0.1, 0.15) is 12.8 Å². The first-order chi connectivity index (χ1) is 6.51. The van der Waals surface area contributed by atoms with Gasteiger partial charge in [0.2, 0.25) is 0 Å². The van der Waals surface area contributed by atoms with Crippen LogP contribution >= 0.6 is 0 Å². The quantitative estimate of drug-likeness (QED) is 0.164. The van der Waals surface area contributed by atoms with Crippen LogP contribution in [-0.2, 0) is 0 Å². The highest BCUT2D eigenvalue weighted by Gasteiger charge is 2.55. The van der Waals surface area contributed by atoms with Gasteiger partial charge in [0, 0.05) is 11.5 Å². The van der Waals surface area contributed by atoms with E-state index in [4.69, 9.17) is 10.6 Å². The van der Waals surface area contributed by atoms with Gasteiger partial charge in [0.1, 0.15) is 16.3 Å². The molecule has 0 bridgehead atoms. The average molecular weight is 205 g/mol. The summed E-state index contributed by atoms with van der Waals surface area (Å²) >= 11 is 0. The minimum atomic E-state index is -2.91. The van der Waals surface area contributed by atoms with Gasteiger partial charge in [-0.2, -0.15) is 0 Å². The number of azide groups is 1. The molecule has 0 saturated heterocycles. The summed E-state index contributed by atoms with van der Waals surface area (Å²) in [6, 6.07) is 0. The van der Waals surface area contributed by atoms with Crippen LogP contribution in [0.15, 0.2) is 5.11 Å². The van der Waals surface area contributed by atoms with Crippen LogP contribution in [0, 0.1) is 20.2 Å². The highest BCUT2D eigenvalue weighted by atomic mass is 16.7. The third-order valence-electron chi connectivity index (χ3n) is 1.46. The zero-order valence-electron chi connectivity index (χ0n) is 6.94. The molecule has 0 amide bonds. The number of hydrogen-bond donors (Lipinski definition) is 1. The summed E-state index contributed by atoms with van der Waals surface area (Å²) in [6.07, 6.45) is -0.839. The second kappa shape index (κ2) is 4.94. The van der Waals surface area contributed by atoms with E-state index >= 15 is 0 Å². The molecule has 0 rings (SSSR count). The molecule has 0 aliphatic rings. The number of rotatable bonds is 6. The van der Waals surface area contributed by atoms with Gasteiger partial charge >= 0.3 is 5.79 Å². The summed E-state index contributed by atoms with van der Waals surface area (Å²) in [7, 11) is 0. The van der Waals surface area contributed by atoms with Crippen molar-refractivity contribution < 1.29 is 15.0 Å². The molecule has 10 heteroatoms. The Morgan fingerprint density at radius 3 is 2.21 bits per heavy atom. The van der Waals surface area contributed by atoms with Crippen LogP contribution < -0.4 is 0 Å². The van der Waals surface area contributed by atoms with Gasteiger partial charge < -0.3 is 5.11 Å². The Morgan fingerprint density at radius 1 is 1.43 bits per heavy atom. The Hall–Kier alpha value is -1.93. The SMILES string of the molecule is [N-]=[N+]=NC(CCCO)([N+](=O)[O-])[N+](=O)[O-]. The van der Waals surface area contributed by atoms with Gasteiger partial charge in [-0.15, -0.1) is 0 Å². The van der Waals surface area contributed by atoms with Gasteiger partial charge in [-0.05, 0) is 12.0 Å². The second-order valence-electron chi connectivity index (χ2n) is 2.31. The number of nitro groups is 2. The van der Waals surface area contributed by atoms with Gasteiger partial charge in [-0.3, -0.25) is 20.2 Å². The molecular weight excluding hydrogens is 198 g/mol. The zero-order chi connectivity index (χ0) is 11.2. The fourth-order valence-electron chi connectivity index (χ4n) is 0.760. The molecule has 78 valence electrons. The molecule has 10 nitrogen and oxygen atoms in total. The fraction of sp³-hybridized carbons (Fsp3) is 1.00. The zero-order valence-corrected chi connectivity index (χ0v) is 6.94. The van der Waals surface area contributed by atoms with E-state index in [9.17, 15) is 20.2 Å². The maximum atomic E-state index is 10.4. The van der Waals surface area contributed by atoms with Gasteiger partial charge in [0.25, 0.3) is 0 Å². The van der Waals surface area contributed by atoms with Gasteiger partial charge in [-0.1, -0.05) is 0 Å². The lowest BCUT2D eigenvalue weighted by Gasteiger charge is -2.09. The molecule has 0 atom stereocenters. The second-order valence-corrected chi connectivity index (χ2v) is 2.31. The smallest absolute Gasteiger partial charge is 0.396 e. The highest BCUT2D eigenvalue weighted by Crippen LogP contribution is 2.20. The Bertz CT molecular complexity index is 264. The Labute approximate surface area is 77.1 Å². The number of aliphatic hydroxyl groups excluding tert-OH is 1. The summed E-state index contributed by atoms with van der Waals surface area (Å²) in [5.41, 5.74) is 7.99. The minimum Gasteiger partial charge on any atom is -0.396 e. The van der Waals surface area contributed by atoms with E-state index in [1.807, 2.05) is 0 Å². The molecule has 0 saturated carbocycles. The van der Waals surface area contributed by atoms with E-state index in [0.717, 1.165) is 0 Å². The average Bonchev–Trinajstić information content (AvgIpc) is 2.11. The topological polar surface area (TPSA) is 155 Å². The van der Waals surface area contributed by atoms with Crippen LogP contribution in [0.25, 0.3) is 10.4 Å². The molecular formula is C4H7N5O5. The Morgan fingerprint density at radius 2 is 1.93 bits per heavy atom. The molecule has 0 aliphatic heterocycles. The normalized spacial score (nSPS) is 10.4. The maximum Gasteiger partial charge on any atom is 0.545 e. The molecule has 0 aromatic carbocycles. The molecule has 14 heavy (non-hydrogen) atoms. The predicted octanol–water partition coefficient (Wildman–Crippen LogP) is 0.276. The van der Waals surface area contributed by atoms with Crippen molar-refractivity contribution in [2.24, 2.45) is 5.11 Å². The van der Waals surface area contributed by atoms with Crippen molar-refractivity contribution in [3.63, 3.8) is 0 Å². The monoisotopic (exact) mass is 205 g/mol. The van der Waals surface area contributed by atoms with Crippen LogP contribution in [0.3, 0.4) is 0 Å². The van der Waals surface area contributed by atoms with Crippen LogP contribution in [0.2, 0.25) is 0 Å². The summed E-state index contributed by atoms with van der Waals surface area (Å²) < 4.78 is 0. The van der Waals surface area contributed by atoms with Crippen molar-refractivity contribution in [1.29, 1.82) is 0 Å². The van der Waals surface area contributed by atoms with E-state index in [2.05, 4.69) is 10.0 Å². The first kappa shape index (κ1) is 12.1. The first-order valence-corrected chi connectivity index (χ1v) is 3.47.